The summed E-state index contributed by atoms with van der Waals surface area (Å²) in [6.45, 7) is 0.503. The lowest BCUT2D eigenvalue weighted by Gasteiger charge is -1.95. The Morgan fingerprint density at radius 2 is 2.45 bits per heavy atom. The second kappa shape index (κ2) is 2.32. The summed E-state index contributed by atoms with van der Waals surface area (Å²) in [5.74, 6) is 0. The van der Waals surface area contributed by atoms with Gasteiger partial charge in [0.15, 0.2) is 5.65 Å². The summed E-state index contributed by atoms with van der Waals surface area (Å²) >= 11 is 0. The van der Waals surface area contributed by atoms with Crippen molar-refractivity contribution in [1.82, 2.24) is 14.6 Å². The van der Waals surface area contributed by atoms with Crippen LogP contribution >= 0.6 is 0 Å². The third-order valence-electron chi connectivity index (χ3n) is 1.54. The third kappa shape index (κ3) is 0.969. The predicted molar refractivity (Wildman–Crippen MR) is 40.9 cm³/mol. The van der Waals surface area contributed by atoms with Crippen molar-refractivity contribution in [1.29, 1.82) is 0 Å². The van der Waals surface area contributed by atoms with Crippen LogP contribution in [0.3, 0.4) is 0 Å². The van der Waals surface area contributed by atoms with Gasteiger partial charge in [-0.05, 0) is 0 Å². The lowest BCUT2D eigenvalue weighted by molar-refractivity contribution is 0.902. The second-order valence-electron chi connectivity index (χ2n) is 2.30. The van der Waals surface area contributed by atoms with Crippen LogP contribution in [0.25, 0.3) is 5.65 Å². The first kappa shape index (κ1) is 6.30. The van der Waals surface area contributed by atoms with Gasteiger partial charge in [-0.15, -0.1) is 0 Å². The van der Waals surface area contributed by atoms with Crippen molar-refractivity contribution in [3.8, 4) is 0 Å². The largest absolute Gasteiger partial charge is 0.326 e. The minimum atomic E-state index is 0.503. The Bertz CT molecular complexity index is 365. The first-order chi connectivity index (χ1) is 5.40. The third-order valence-corrected chi connectivity index (χ3v) is 1.54. The van der Waals surface area contributed by atoms with Crippen molar-refractivity contribution < 1.29 is 0 Å². The molecule has 0 aliphatic heterocycles. The zero-order chi connectivity index (χ0) is 7.68. The van der Waals surface area contributed by atoms with Gasteiger partial charge in [-0.3, -0.25) is 0 Å². The van der Waals surface area contributed by atoms with E-state index in [1.807, 2.05) is 12.3 Å². The Labute approximate surface area is 63.7 Å². The fraction of sp³-hybridized carbons (Fsp3) is 0.143. The number of fused-ring (bicyclic) bond motifs is 1. The normalized spacial score (nSPS) is 10.6. The molecule has 0 saturated heterocycles. The molecule has 2 aromatic heterocycles. The molecule has 0 aliphatic carbocycles. The molecule has 56 valence electrons. The molecular weight excluding hydrogens is 140 g/mol. The van der Waals surface area contributed by atoms with Crippen LogP contribution in [0.1, 0.15) is 5.56 Å². The van der Waals surface area contributed by atoms with E-state index in [0.29, 0.717) is 6.54 Å². The van der Waals surface area contributed by atoms with Gasteiger partial charge in [-0.25, -0.2) is 9.50 Å². The molecule has 0 unspecified atom stereocenters. The van der Waals surface area contributed by atoms with Crippen molar-refractivity contribution in [3.05, 3.63) is 30.2 Å². The molecular formula is C7H8N4. The quantitative estimate of drug-likeness (QED) is 0.628. The lowest BCUT2D eigenvalue weighted by atomic mass is 10.3. The predicted octanol–water partition coefficient (Wildman–Crippen LogP) is 0.188. The number of aromatic nitrogens is 3. The SMILES string of the molecule is NCc1cnc2ccnn2c1. The maximum atomic E-state index is 5.43. The monoisotopic (exact) mass is 148 g/mol. The highest BCUT2D eigenvalue weighted by Gasteiger charge is 1.94. The summed E-state index contributed by atoms with van der Waals surface area (Å²) in [7, 11) is 0. The number of hydrogen-bond donors (Lipinski definition) is 1. The van der Waals surface area contributed by atoms with E-state index in [9.17, 15) is 0 Å². The van der Waals surface area contributed by atoms with E-state index in [1.165, 1.54) is 0 Å². The Morgan fingerprint density at radius 3 is 3.27 bits per heavy atom. The molecule has 0 bridgehead atoms. The zero-order valence-corrected chi connectivity index (χ0v) is 5.94. The van der Waals surface area contributed by atoms with Crippen LogP contribution in [0.2, 0.25) is 0 Å². The Morgan fingerprint density at radius 1 is 1.55 bits per heavy atom. The van der Waals surface area contributed by atoms with Gasteiger partial charge in [0, 0.05) is 30.6 Å². The van der Waals surface area contributed by atoms with E-state index in [2.05, 4.69) is 10.1 Å². The van der Waals surface area contributed by atoms with E-state index >= 15 is 0 Å². The average molecular weight is 148 g/mol. The van der Waals surface area contributed by atoms with Crippen molar-refractivity contribution in [3.63, 3.8) is 0 Å². The maximum Gasteiger partial charge on any atom is 0.154 e. The number of nitrogens with two attached hydrogens (primary N) is 1. The van der Waals surface area contributed by atoms with Gasteiger partial charge in [0.05, 0.1) is 6.20 Å². The van der Waals surface area contributed by atoms with E-state index < -0.39 is 0 Å². The van der Waals surface area contributed by atoms with Gasteiger partial charge < -0.3 is 5.73 Å². The minimum Gasteiger partial charge on any atom is -0.326 e. The molecule has 2 heterocycles. The van der Waals surface area contributed by atoms with Crippen molar-refractivity contribution in [2.75, 3.05) is 0 Å². The molecule has 0 amide bonds. The summed E-state index contributed by atoms with van der Waals surface area (Å²) < 4.78 is 1.71. The summed E-state index contributed by atoms with van der Waals surface area (Å²) in [6.07, 6.45) is 5.35. The summed E-state index contributed by atoms with van der Waals surface area (Å²) in [4.78, 5) is 4.13. The molecule has 11 heavy (non-hydrogen) atoms. The molecule has 0 radical (unpaired) electrons. The molecule has 0 aromatic carbocycles. The van der Waals surface area contributed by atoms with E-state index in [0.717, 1.165) is 11.2 Å². The average Bonchev–Trinajstić information content (AvgIpc) is 2.50. The molecule has 0 spiro atoms. The van der Waals surface area contributed by atoms with Crippen LogP contribution < -0.4 is 5.73 Å². The summed E-state index contributed by atoms with van der Waals surface area (Å²) in [5, 5.41) is 4.03. The number of hydrogen-bond acceptors (Lipinski definition) is 3. The molecule has 0 fully saturated rings. The second-order valence-corrected chi connectivity index (χ2v) is 2.30. The van der Waals surface area contributed by atoms with Crippen LogP contribution in [0.5, 0.6) is 0 Å². The first-order valence-electron chi connectivity index (χ1n) is 3.38. The highest BCUT2D eigenvalue weighted by molar-refractivity contribution is 5.35. The molecule has 0 atom stereocenters. The topological polar surface area (TPSA) is 56.2 Å². The van der Waals surface area contributed by atoms with Gasteiger partial charge in [-0.1, -0.05) is 0 Å². The summed E-state index contributed by atoms with van der Waals surface area (Å²) in [6, 6.07) is 1.85. The van der Waals surface area contributed by atoms with Gasteiger partial charge in [0.2, 0.25) is 0 Å². The fourth-order valence-corrected chi connectivity index (χ4v) is 0.954. The number of rotatable bonds is 1. The van der Waals surface area contributed by atoms with Gasteiger partial charge in [-0.2, -0.15) is 5.10 Å². The van der Waals surface area contributed by atoms with E-state index in [1.54, 1.807) is 16.9 Å². The number of nitrogens with zero attached hydrogens (tertiary/aromatic N) is 3. The molecule has 0 saturated carbocycles. The highest BCUT2D eigenvalue weighted by atomic mass is 15.2. The fourth-order valence-electron chi connectivity index (χ4n) is 0.954. The Balaban J connectivity index is 2.67. The van der Waals surface area contributed by atoms with Crippen LogP contribution in [-0.2, 0) is 6.54 Å². The first-order valence-corrected chi connectivity index (χ1v) is 3.38. The van der Waals surface area contributed by atoms with Gasteiger partial charge in [0.25, 0.3) is 0 Å². The van der Waals surface area contributed by atoms with Gasteiger partial charge in [0.1, 0.15) is 0 Å². The molecule has 4 heteroatoms. The van der Waals surface area contributed by atoms with Crippen LogP contribution in [0.15, 0.2) is 24.7 Å². The van der Waals surface area contributed by atoms with E-state index in [4.69, 9.17) is 5.73 Å². The molecule has 0 aliphatic rings. The molecule has 4 nitrogen and oxygen atoms in total. The Hall–Kier alpha value is -1.42. The van der Waals surface area contributed by atoms with E-state index in [-0.39, 0.29) is 0 Å². The van der Waals surface area contributed by atoms with Gasteiger partial charge >= 0.3 is 0 Å². The minimum absolute atomic E-state index is 0.503. The van der Waals surface area contributed by atoms with Crippen LogP contribution in [0, 0.1) is 0 Å². The molecule has 2 aromatic rings. The van der Waals surface area contributed by atoms with Crippen molar-refractivity contribution in [2.24, 2.45) is 5.73 Å². The standard InChI is InChI=1S/C7H8N4/c8-3-6-4-9-7-1-2-10-11(7)5-6/h1-2,4-5H,3,8H2. The Kier molecular flexibility index (Phi) is 1.33. The maximum absolute atomic E-state index is 5.43. The van der Waals surface area contributed by atoms with Crippen molar-refractivity contribution in [2.45, 2.75) is 6.54 Å². The molecule has 2 rings (SSSR count). The lowest BCUT2D eigenvalue weighted by Crippen LogP contribution is -2.00. The molecule has 2 N–H and O–H groups in total. The zero-order valence-electron chi connectivity index (χ0n) is 5.94. The van der Waals surface area contributed by atoms with Crippen LogP contribution in [0.4, 0.5) is 0 Å². The van der Waals surface area contributed by atoms with Crippen molar-refractivity contribution >= 4 is 5.65 Å². The smallest absolute Gasteiger partial charge is 0.154 e. The highest BCUT2D eigenvalue weighted by Crippen LogP contribution is 1.99. The van der Waals surface area contributed by atoms with Crippen LogP contribution in [-0.4, -0.2) is 14.6 Å². The summed E-state index contributed by atoms with van der Waals surface area (Å²) in [5.41, 5.74) is 7.26.